The van der Waals surface area contributed by atoms with Crippen molar-refractivity contribution in [3.05, 3.63) is 22.1 Å². The minimum atomic E-state index is 0.196. The Morgan fingerprint density at radius 2 is 2.42 bits per heavy atom. The largest absolute Gasteiger partial charge is 0.454 e. The molecule has 0 saturated heterocycles. The Labute approximate surface area is 80.0 Å². The highest BCUT2D eigenvalue weighted by molar-refractivity contribution is 9.10. The second-order valence-electron chi connectivity index (χ2n) is 2.83. The lowest BCUT2D eigenvalue weighted by molar-refractivity contribution is 0.121. The van der Waals surface area contributed by atoms with Gasteiger partial charge in [0, 0.05) is 5.92 Å². The Bertz CT molecular complexity index is 260. The van der Waals surface area contributed by atoms with Crippen molar-refractivity contribution in [1.82, 2.24) is 0 Å². The molecule has 0 amide bonds. The number of rotatable bonds is 3. The van der Waals surface area contributed by atoms with Gasteiger partial charge in [0.05, 0.1) is 6.61 Å². The summed E-state index contributed by atoms with van der Waals surface area (Å²) in [7, 11) is 0. The van der Waals surface area contributed by atoms with Crippen LogP contribution in [0.4, 0.5) is 0 Å². The van der Waals surface area contributed by atoms with Crippen molar-refractivity contribution in [1.29, 1.82) is 0 Å². The first kappa shape index (κ1) is 9.77. The van der Waals surface area contributed by atoms with Crippen LogP contribution in [0, 0.1) is 6.92 Å². The van der Waals surface area contributed by atoms with Crippen LogP contribution in [0.1, 0.15) is 24.2 Å². The lowest BCUT2D eigenvalue weighted by atomic mass is 10.1. The molecule has 1 aromatic heterocycles. The number of aryl methyl sites for hydroxylation is 1. The highest BCUT2D eigenvalue weighted by atomic mass is 79.9. The van der Waals surface area contributed by atoms with Crippen LogP contribution in [-0.4, -0.2) is 6.61 Å². The zero-order valence-corrected chi connectivity index (χ0v) is 8.72. The van der Waals surface area contributed by atoms with Gasteiger partial charge in [0.25, 0.3) is 0 Å². The van der Waals surface area contributed by atoms with Crippen molar-refractivity contribution < 1.29 is 9.25 Å². The molecule has 1 heterocycles. The zero-order valence-electron chi connectivity index (χ0n) is 7.13. The maximum atomic E-state index is 5.41. The summed E-state index contributed by atoms with van der Waals surface area (Å²) in [6.07, 6.45) is 0. The first-order valence-electron chi connectivity index (χ1n) is 3.72. The van der Waals surface area contributed by atoms with Crippen molar-refractivity contribution >= 4 is 15.9 Å². The van der Waals surface area contributed by atoms with Gasteiger partial charge in [0.2, 0.25) is 0 Å². The molecule has 0 radical (unpaired) electrons. The highest BCUT2D eigenvalue weighted by Gasteiger charge is 2.13. The maximum Gasteiger partial charge on any atom is 0.169 e. The summed E-state index contributed by atoms with van der Waals surface area (Å²) in [5.74, 6) is 6.09. The first-order valence-corrected chi connectivity index (χ1v) is 4.52. The lowest BCUT2D eigenvalue weighted by Crippen LogP contribution is -2.08. The molecular weight excluding hydrogens is 222 g/mol. The summed E-state index contributed by atoms with van der Waals surface area (Å²) in [5, 5.41) is 0. The summed E-state index contributed by atoms with van der Waals surface area (Å²) in [5.41, 5.74) is 1.12. The van der Waals surface area contributed by atoms with Gasteiger partial charge in [-0.25, -0.2) is 5.90 Å². The Morgan fingerprint density at radius 1 is 1.75 bits per heavy atom. The number of furan rings is 1. The van der Waals surface area contributed by atoms with Crippen LogP contribution in [0.25, 0.3) is 0 Å². The molecule has 0 saturated carbocycles. The van der Waals surface area contributed by atoms with E-state index in [1.807, 2.05) is 19.9 Å². The number of halogens is 1. The molecule has 1 atom stereocenters. The van der Waals surface area contributed by atoms with E-state index in [2.05, 4.69) is 20.8 Å². The second-order valence-corrected chi connectivity index (χ2v) is 3.61. The van der Waals surface area contributed by atoms with Gasteiger partial charge in [0.15, 0.2) is 4.67 Å². The van der Waals surface area contributed by atoms with E-state index in [1.54, 1.807) is 0 Å². The van der Waals surface area contributed by atoms with Crippen LogP contribution < -0.4 is 5.90 Å². The fourth-order valence-corrected chi connectivity index (χ4v) is 1.68. The van der Waals surface area contributed by atoms with Crippen molar-refractivity contribution in [2.24, 2.45) is 5.90 Å². The monoisotopic (exact) mass is 233 g/mol. The van der Waals surface area contributed by atoms with E-state index in [0.29, 0.717) is 6.61 Å². The standard InChI is InChI=1S/C8H12BrNO2/c1-5-3-7(9)12-8(5)6(2)4-11-10/h3,6H,4,10H2,1-2H3. The summed E-state index contributed by atoms with van der Waals surface area (Å²) < 4.78 is 6.16. The van der Waals surface area contributed by atoms with E-state index >= 15 is 0 Å². The molecule has 0 aliphatic carbocycles. The normalized spacial score (nSPS) is 13.3. The third-order valence-corrected chi connectivity index (χ3v) is 2.11. The second kappa shape index (κ2) is 4.07. The van der Waals surface area contributed by atoms with Crippen LogP contribution in [0.5, 0.6) is 0 Å². The summed E-state index contributed by atoms with van der Waals surface area (Å²) >= 11 is 3.26. The minimum Gasteiger partial charge on any atom is -0.454 e. The predicted molar refractivity (Wildman–Crippen MR) is 49.7 cm³/mol. The number of hydrogen-bond donors (Lipinski definition) is 1. The average molecular weight is 234 g/mol. The molecule has 0 aliphatic rings. The van der Waals surface area contributed by atoms with E-state index in [4.69, 9.17) is 10.3 Å². The molecule has 0 aliphatic heterocycles. The molecular formula is C8H12BrNO2. The van der Waals surface area contributed by atoms with Crippen molar-refractivity contribution in [2.75, 3.05) is 6.61 Å². The Morgan fingerprint density at radius 3 is 2.83 bits per heavy atom. The molecule has 2 N–H and O–H groups in total. The van der Waals surface area contributed by atoms with Gasteiger partial charge in [-0.2, -0.15) is 0 Å². The van der Waals surface area contributed by atoms with E-state index in [-0.39, 0.29) is 5.92 Å². The van der Waals surface area contributed by atoms with Crippen molar-refractivity contribution in [2.45, 2.75) is 19.8 Å². The lowest BCUT2D eigenvalue weighted by Gasteiger charge is -2.06. The maximum absolute atomic E-state index is 5.41. The van der Waals surface area contributed by atoms with Crippen LogP contribution in [0.15, 0.2) is 15.2 Å². The minimum absolute atomic E-state index is 0.196. The molecule has 0 fully saturated rings. The topological polar surface area (TPSA) is 48.4 Å². The first-order chi connectivity index (χ1) is 5.65. The molecule has 0 spiro atoms. The Balaban J connectivity index is 2.79. The molecule has 0 bridgehead atoms. The number of nitrogens with two attached hydrogens (primary N) is 1. The zero-order chi connectivity index (χ0) is 9.14. The van der Waals surface area contributed by atoms with Crippen LogP contribution in [0.3, 0.4) is 0 Å². The SMILES string of the molecule is Cc1cc(Br)oc1C(C)CON. The average Bonchev–Trinajstić information content (AvgIpc) is 2.30. The molecule has 1 aromatic rings. The third-order valence-electron chi connectivity index (χ3n) is 1.72. The van der Waals surface area contributed by atoms with Gasteiger partial charge in [-0.15, -0.1) is 0 Å². The van der Waals surface area contributed by atoms with Crippen LogP contribution in [-0.2, 0) is 4.84 Å². The molecule has 0 aromatic carbocycles. The van der Waals surface area contributed by atoms with E-state index in [1.165, 1.54) is 0 Å². The highest BCUT2D eigenvalue weighted by Crippen LogP contribution is 2.26. The van der Waals surface area contributed by atoms with Crippen LogP contribution in [0.2, 0.25) is 0 Å². The molecule has 12 heavy (non-hydrogen) atoms. The van der Waals surface area contributed by atoms with E-state index in [0.717, 1.165) is 16.0 Å². The van der Waals surface area contributed by atoms with Crippen molar-refractivity contribution in [3.63, 3.8) is 0 Å². The van der Waals surface area contributed by atoms with Gasteiger partial charge in [-0.3, -0.25) is 0 Å². The van der Waals surface area contributed by atoms with Gasteiger partial charge < -0.3 is 9.25 Å². The van der Waals surface area contributed by atoms with Gasteiger partial charge >= 0.3 is 0 Å². The van der Waals surface area contributed by atoms with Crippen molar-refractivity contribution in [3.8, 4) is 0 Å². The van der Waals surface area contributed by atoms with Gasteiger partial charge in [0.1, 0.15) is 5.76 Å². The molecule has 1 rings (SSSR count). The number of hydrogen-bond acceptors (Lipinski definition) is 3. The fourth-order valence-electron chi connectivity index (χ4n) is 1.17. The van der Waals surface area contributed by atoms with Gasteiger partial charge in [-0.1, -0.05) is 6.92 Å². The Kier molecular flexibility index (Phi) is 3.31. The Hall–Kier alpha value is -0.320. The molecule has 68 valence electrons. The summed E-state index contributed by atoms with van der Waals surface area (Å²) in [4.78, 5) is 4.55. The summed E-state index contributed by atoms with van der Waals surface area (Å²) in [6.45, 7) is 4.47. The van der Waals surface area contributed by atoms with E-state index < -0.39 is 0 Å². The third kappa shape index (κ3) is 2.09. The summed E-state index contributed by atoms with van der Waals surface area (Å²) in [6, 6.07) is 1.93. The fraction of sp³-hybridized carbons (Fsp3) is 0.500. The molecule has 4 heteroatoms. The van der Waals surface area contributed by atoms with E-state index in [9.17, 15) is 0 Å². The quantitative estimate of drug-likeness (QED) is 0.816. The predicted octanol–water partition coefficient (Wildman–Crippen LogP) is 2.34. The smallest absolute Gasteiger partial charge is 0.169 e. The van der Waals surface area contributed by atoms with Crippen LogP contribution >= 0.6 is 15.9 Å². The molecule has 1 unspecified atom stereocenters. The van der Waals surface area contributed by atoms with Gasteiger partial charge in [-0.05, 0) is 34.5 Å². The molecule has 3 nitrogen and oxygen atoms in total.